The molecule has 1 aliphatic rings. The number of aryl methyl sites for hydroxylation is 1. The fourth-order valence-electron chi connectivity index (χ4n) is 2.49. The lowest BCUT2D eigenvalue weighted by Gasteiger charge is -2.32. The van der Waals surface area contributed by atoms with E-state index in [4.69, 9.17) is 0 Å². The lowest BCUT2D eigenvalue weighted by atomic mass is 10.0. The van der Waals surface area contributed by atoms with Gasteiger partial charge in [-0.05, 0) is 25.5 Å². The van der Waals surface area contributed by atoms with Gasteiger partial charge in [-0.1, -0.05) is 18.2 Å². The predicted octanol–water partition coefficient (Wildman–Crippen LogP) is 2.78. The molecule has 2 heterocycles. The molecule has 1 aromatic heterocycles. The Bertz CT molecular complexity index is 568. The van der Waals surface area contributed by atoms with Gasteiger partial charge in [0.25, 0.3) is 0 Å². The SMILES string of the molecule is Cc1ncc2c(n1)N(C)CCC2Nc1ccccc1. The van der Waals surface area contributed by atoms with Gasteiger partial charge >= 0.3 is 0 Å². The molecule has 1 aromatic carbocycles. The van der Waals surface area contributed by atoms with E-state index in [1.165, 1.54) is 5.56 Å². The van der Waals surface area contributed by atoms with Crippen molar-refractivity contribution in [3.05, 3.63) is 47.9 Å². The highest BCUT2D eigenvalue weighted by Gasteiger charge is 2.24. The third kappa shape index (κ3) is 2.38. The Balaban J connectivity index is 1.91. The number of aromatic nitrogens is 2. The molecule has 1 aliphatic heterocycles. The summed E-state index contributed by atoms with van der Waals surface area (Å²) in [7, 11) is 2.09. The summed E-state index contributed by atoms with van der Waals surface area (Å²) in [6.45, 7) is 2.94. The van der Waals surface area contributed by atoms with E-state index in [0.717, 1.165) is 30.3 Å². The number of fused-ring (bicyclic) bond motifs is 1. The van der Waals surface area contributed by atoms with Gasteiger partial charge in [-0.3, -0.25) is 0 Å². The van der Waals surface area contributed by atoms with Gasteiger partial charge in [0.15, 0.2) is 0 Å². The first kappa shape index (κ1) is 12.0. The number of nitrogens with zero attached hydrogens (tertiary/aromatic N) is 3. The van der Waals surface area contributed by atoms with Crippen LogP contribution in [0.4, 0.5) is 11.5 Å². The highest BCUT2D eigenvalue weighted by Crippen LogP contribution is 2.33. The summed E-state index contributed by atoms with van der Waals surface area (Å²) in [6.07, 6.45) is 3.01. The molecule has 19 heavy (non-hydrogen) atoms. The Labute approximate surface area is 113 Å². The first-order chi connectivity index (χ1) is 9.24. The largest absolute Gasteiger partial charge is 0.378 e. The van der Waals surface area contributed by atoms with Gasteiger partial charge in [-0.25, -0.2) is 9.97 Å². The molecule has 3 rings (SSSR count). The maximum absolute atomic E-state index is 4.56. The molecule has 0 saturated carbocycles. The number of benzene rings is 1. The van der Waals surface area contributed by atoms with Crippen molar-refractivity contribution in [2.24, 2.45) is 0 Å². The monoisotopic (exact) mass is 254 g/mol. The third-order valence-corrected chi connectivity index (χ3v) is 3.52. The van der Waals surface area contributed by atoms with Crippen LogP contribution in [-0.2, 0) is 0 Å². The van der Waals surface area contributed by atoms with E-state index >= 15 is 0 Å². The molecule has 0 bridgehead atoms. The average Bonchev–Trinajstić information content (AvgIpc) is 2.43. The molecular weight excluding hydrogens is 236 g/mol. The molecule has 0 radical (unpaired) electrons. The van der Waals surface area contributed by atoms with Gasteiger partial charge in [-0.15, -0.1) is 0 Å². The minimum Gasteiger partial charge on any atom is -0.378 e. The molecule has 1 atom stereocenters. The highest BCUT2D eigenvalue weighted by molar-refractivity contribution is 5.54. The van der Waals surface area contributed by atoms with Gasteiger partial charge < -0.3 is 10.2 Å². The molecule has 0 aliphatic carbocycles. The lowest BCUT2D eigenvalue weighted by molar-refractivity contribution is 0.633. The molecule has 0 fully saturated rings. The molecule has 1 unspecified atom stereocenters. The number of nitrogens with one attached hydrogen (secondary N) is 1. The van der Waals surface area contributed by atoms with E-state index in [-0.39, 0.29) is 6.04 Å². The number of hydrogen-bond acceptors (Lipinski definition) is 4. The highest BCUT2D eigenvalue weighted by atomic mass is 15.2. The number of rotatable bonds is 2. The molecule has 98 valence electrons. The fraction of sp³-hybridized carbons (Fsp3) is 0.333. The van der Waals surface area contributed by atoms with Gasteiger partial charge in [0, 0.05) is 31.0 Å². The molecule has 0 amide bonds. The van der Waals surface area contributed by atoms with Crippen LogP contribution in [0.25, 0.3) is 0 Å². The molecule has 2 aromatic rings. The zero-order valence-corrected chi connectivity index (χ0v) is 11.3. The van der Waals surface area contributed by atoms with Crippen molar-refractivity contribution < 1.29 is 0 Å². The van der Waals surface area contributed by atoms with Gasteiger partial charge in [0.2, 0.25) is 0 Å². The molecule has 4 nitrogen and oxygen atoms in total. The van der Waals surface area contributed by atoms with Crippen LogP contribution < -0.4 is 10.2 Å². The van der Waals surface area contributed by atoms with Crippen molar-refractivity contribution in [3.63, 3.8) is 0 Å². The summed E-state index contributed by atoms with van der Waals surface area (Å²) < 4.78 is 0. The quantitative estimate of drug-likeness (QED) is 0.894. The summed E-state index contributed by atoms with van der Waals surface area (Å²) in [5.74, 6) is 1.87. The Kier molecular flexibility index (Phi) is 3.07. The Hall–Kier alpha value is -2.10. The van der Waals surface area contributed by atoms with Crippen molar-refractivity contribution in [1.82, 2.24) is 9.97 Å². The van der Waals surface area contributed by atoms with Crippen LogP contribution in [0.3, 0.4) is 0 Å². The van der Waals surface area contributed by atoms with Crippen LogP contribution in [0.1, 0.15) is 23.9 Å². The van der Waals surface area contributed by atoms with Gasteiger partial charge in [-0.2, -0.15) is 0 Å². The van der Waals surface area contributed by atoms with E-state index in [2.05, 4.69) is 39.4 Å². The molecule has 0 spiro atoms. The maximum Gasteiger partial charge on any atom is 0.137 e. The average molecular weight is 254 g/mol. The van der Waals surface area contributed by atoms with Crippen molar-refractivity contribution in [1.29, 1.82) is 0 Å². The van der Waals surface area contributed by atoms with E-state index in [9.17, 15) is 0 Å². The van der Waals surface area contributed by atoms with Crippen molar-refractivity contribution in [2.75, 3.05) is 23.8 Å². The smallest absolute Gasteiger partial charge is 0.137 e. The number of para-hydroxylation sites is 1. The summed E-state index contributed by atoms with van der Waals surface area (Å²) in [5.41, 5.74) is 2.33. The van der Waals surface area contributed by atoms with Crippen LogP contribution in [0, 0.1) is 6.92 Å². The first-order valence-electron chi connectivity index (χ1n) is 6.60. The van der Waals surface area contributed by atoms with Crippen molar-refractivity contribution in [3.8, 4) is 0 Å². The van der Waals surface area contributed by atoms with E-state index in [0.29, 0.717) is 0 Å². The van der Waals surface area contributed by atoms with E-state index in [1.807, 2.05) is 31.3 Å². The Morgan fingerprint density at radius 1 is 1.26 bits per heavy atom. The molecule has 1 N–H and O–H groups in total. The topological polar surface area (TPSA) is 41.1 Å². The molecule has 4 heteroatoms. The van der Waals surface area contributed by atoms with Crippen LogP contribution >= 0.6 is 0 Å². The predicted molar refractivity (Wildman–Crippen MR) is 77.5 cm³/mol. The second-order valence-electron chi connectivity index (χ2n) is 4.97. The summed E-state index contributed by atoms with van der Waals surface area (Å²) >= 11 is 0. The first-order valence-corrected chi connectivity index (χ1v) is 6.60. The zero-order valence-electron chi connectivity index (χ0n) is 11.3. The second kappa shape index (κ2) is 4.88. The third-order valence-electron chi connectivity index (χ3n) is 3.52. The Morgan fingerprint density at radius 3 is 2.84 bits per heavy atom. The van der Waals surface area contributed by atoms with Crippen LogP contribution in [0.5, 0.6) is 0 Å². The van der Waals surface area contributed by atoms with Crippen LogP contribution in [0.2, 0.25) is 0 Å². The van der Waals surface area contributed by atoms with Crippen molar-refractivity contribution in [2.45, 2.75) is 19.4 Å². The van der Waals surface area contributed by atoms with Gasteiger partial charge in [0.1, 0.15) is 11.6 Å². The Morgan fingerprint density at radius 2 is 2.05 bits per heavy atom. The molecular formula is C15H18N4. The van der Waals surface area contributed by atoms with Crippen LogP contribution in [0.15, 0.2) is 36.5 Å². The minimum absolute atomic E-state index is 0.286. The van der Waals surface area contributed by atoms with Crippen LogP contribution in [-0.4, -0.2) is 23.6 Å². The lowest BCUT2D eigenvalue weighted by Crippen LogP contribution is -2.31. The summed E-state index contributed by atoms with van der Waals surface area (Å²) in [6, 6.07) is 10.6. The summed E-state index contributed by atoms with van der Waals surface area (Å²) in [4.78, 5) is 11.1. The number of hydrogen-bond donors (Lipinski definition) is 1. The maximum atomic E-state index is 4.56. The summed E-state index contributed by atoms with van der Waals surface area (Å²) in [5, 5.41) is 3.57. The molecule has 0 saturated heterocycles. The second-order valence-corrected chi connectivity index (χ2v) is 4.97. The zero-order chi connectivity index (χ0) is 13.2. The number of anilines is 2. The normalized spacial score (nSPS) is 18.0. The standard InChI is InChI=1S/C15H18N4/c1-11-16-10-13-14(8-9-19(2)15(13)17-11)18-12-6-4-3-5-7-12/h3-7,10,14,18H,8-9H2,1-2H3. The fourth-order valence-corrected chi connectivity index (χ4v) is 2.49. The van der Waals surface area contributed by atoms with Gasteiger partial charge in [0.05, 0.1) is 6.04 Å². The van der Waals surface area contributed by atoms with E-state index in [1.54, 1.807) is 0 Å². The van der Waals surface area contributed by atoms with Crippen molar-refractivity contribution >= 4 is 11.5 Å². The van der Waals surface area contributed by atoms with E-state index < -0.39 is 0 Å². The minimum atomic E-state index is 0.286.